The van der Waals surface area contributed by atoms with Crippen LogP contribution in [0.2, 0.25) is 0 Å². The van der Waals surface area contributed by atoms with Gasteiger partial charge in [0.15, 0.2) is 23.3 Å². The van der Waals surface area contributed by atoms with Gasteiger partial charge in [-0.25, -0.2) is 17.6 Å². The molecule has 6 heteroatoms. The summed E-state index contributed by atoms with van der Waals surface area (Å²) in [5.74, 6) is -5.78. The Hall–Kier alpha value is -1.82. The van der Waals surface area contributed by atoms with Gasteiger partial charge in [0.05, 0.1) is 6.10 Å². The second kappa shape index (κ2) is 4.63. The van der Waals surface area contributed by atoms with Gasteiger partial charge in [0, 0.05) is 23.5 Å². The van der Waals surface area contributed by atoms with Gasteiger partial charge in [0.2, 0.25) is 0 Å². The lowest BCUT2D eigenvalue weighted by atomic mass is 9.95. The van der Waals surface area contributed by atoms with Crippen LogP contribution in [0.25, 0.3) is 5.69 Å². The Kier molecular flexibility index (Phi) is 3.05. The molecule has 0 spiro atoms. The molecule has 1 aromatic carbocycles. The molecule has 3 rings (SSSR count). The molecule has 20 heavy (non-hydrogen) atoms. The van der Waals surface area contributed by atoms with Crippen LogP contribution in [-0.2, 0) is 6.42 Å². The lowest BCUT2D eigenvalue weighted by Gasteiger charge is -2.20. The third kappa shape index (κ3) is 1.83. The van der Waals surface area contributed by atoms with Crippen molar-refractivity contribution in [3.05, 3.63) is 52.9 Å². The van der Waals surface area contributed by atoms with Crippen molar-refractivity contribution in [3.63, 3.8) is 0 Å². The molecule has 0 saturated carbocycles. The molecule has 0 radical (unpaired) electrons. The van der Waals surface area contributed by atoms with E-state index >= 15 is 0 Å². The van der Waals surface area contributed by atoms with Gasteiger partial charge in [-0.05, 0) is 25.3 Å². The van der Waals surface area contributed by atoms with Crippen LogP contribution in [0, 0.1) is 23.3 Å². The summed E-state index contributed by atoms with van der Waals surface area (Å²) in [4.78, 5) is 0. The van der Waals surface area contributed by atoms with Crippen molar-refractivity contribution in [3.8, 4) is 5.69 Å². The topological polar surface area (TPSA) is 25.2 Å². The van der Waals surface area contributed by atoms with Crippen molar-refractivity contribution in [2.24, 2.45) is 0 Å². The molecule has 1 atom stereocenters. The van der Waals surface area contributed by atoms with E-state index in [-0.39, 0.29) is 6.07 Å². The number of aliphatic hydroxyl groups excluding tert-OH is 1. The number of halogens is 4. The average molecular weight is 285 g/mol. The Morgan fingerprint density at radius 3 is 2.40 bits per heavy atom. The van der Waals surface area contributed by atoms with Gasteiger partial charge in [-0.3, -0.25) is 0 Å². The SMILES string of the molecule is OC1CCCc2c1ccn2-c1c(F)c(F)cc(F)c1F. The predicted octanol–water partition coefficient (Wildman–Crippen LogP) is 3.40. The molecule has 1 heterocycles. The van der Waals surface area contributed by atoms with Gasteiger partial charge in [0.25, 0.3) is 0 Å². The second-order valence-electron chi connectivity index (χ2n) is 4.81. The largest absolute Gasteiger partial charge is 0.388 e. The molecule has 2 aromatic rings. The lowest BCUT2D eigenvalue weighted by molar-refractivity contribution is 0.156. The van der Waals surface area contributed by atoms with E-state index in [1.54, 1.807) is 0 Å². The van der Waals surface area contributed by atoms with Gasteiger partial charge >= 0.3 is 0 Å². The van der Waals surface area contributed by atoms with Crippen LogP contribution in [0.4, 0.5) is 17.6 Å². The number of rotatable bonds is 1. The van der Waals surface area contributed by atoms with Crippen molar-refractivity contribution in [1.82, 2.24) is 4.57 Å². The minimum absolute atomic E-state index is 0.180. The van der Waals surface area contributed by atoms with Crippen LogP contribution in [0.1, 0.15) is 30.2 Å². The van der Waals surface area contributed by atoms with Gasteiger partial charge in [-0.15, -0.1) is 0 Å². The third-order valence-corrected chi connectivity index (χ3v) is 3.61. The monoisotopic (exact) mass is 285 g/mol. The van der Waals surface area contributed by atoms with Crippen LogP contribution in [0.5, 0.6) is 0 Å². The third-order valence-electron chi connectivity index (χ3n) is 3.61. The standard InChI is InChI=1S/C14H11F4NO/c15-8-6-9(16)13(18)14(12(8)17)19-5-4-7-10(19)2-1-3-11(7)20/h4-6,11,20H,1-3H2. The van der Waals surface area contributed by atoms with Crippen LogP contribution >= 0.6 is 0 Å². The van der Waals surface area contributed by atoms with Crippen molar-refractivity contribution < 1.29 is 22.7 Å². The fourth-order valence-corrected chi connectivity index (χ4v) is 2.65. The summed E-state index contributed by atoms with van der Waals surface area (Å²) in [7, 11) is 0. The van der Waals surface area contributed by atoms with Gasteiger partial charge < -0.3 is 9.67 Å². The quantitative estimate of drug-likeness (QED) is 0.630. The summed E-state index contributed by atoms with van der Waals surface area (Å²) >= 11 is 0. The second-order valence-corrected chi connectivity index (χ2v) is 4.81. The Labute approximate surface area is 112 Å². The Morgan fingerprint density at radius 2 is 1.75 bits per heavy atom. The number of nitrogens with zero attached hydrogens (tertiary/aromatic N) is 1. The number of hydrogen-bond acceptors (Lipinski definition) is 1. The number of hydrogen-bond donors (Lipinski definition) is 1. The molecule has 1 unspecified atom stereocenters. The molecule has 2 nitrogen and oxygen atoms in total. The molecule has 1 aliphatic rings. The van der Waals surface area contributed by atoms with E-state index in [1.807, 2.05) is 0 Å². The van der Waals surface area contributed by atoms with Crippen LogP contribution in [0.15, 0.2) is 18.3 Å². The molecule has 0 fully saturated rings. The molecule has 1 aromatic heterocycles. The minimum atomic E-state index is -1.45. The van der Waals surface area contributed by atoms with Gasteiger partial charge in [0.1, 0.15) is 5.69 Å². The molecular formula is C14H11F4NO. The van der Waals surface area contributed by atoms with E-state index in [2.05, 4.69) is 0 Å². The summed E-state index contributed by atoms with van der Waals surface area (Å²) in [5, 5.41) is 9.82. The number of benzene rings is 1. The average Bonchev–Trinajstić information content (AvgIpc) is 2.83. The maximum atomic E-state index is 13.8. The predicted molar refractivity (Wildman–Crippen MR) is 63.5 cm³/mol. The van der Waals surface area contributed by atoms with Crippen molar-refractivity contribution in [2.45, 2.75) is 25.4 Å². The van der Waals surface area contributed by atoms with E-state index in [0.717, 1.165) is 4.57 Å². The first kappa shape index (κ1) is 13.2. The lowest BCUT2D eigenvalue weighted by Crippen LogP contribution is -2.13. The zero-order valence-electron chi connectivity index (χ0n) is 10.3. The van der Waals surface area contributed by atoms with Crippen molar-refractivity contribution in [2.75, 3.05) is 0 Å². The minimum Gasteiger partial charge on any atom is -0.388 e. The number of aromatic nitrogens is 1. The summed E-state index contributed by atoms with van der Waals surface area (Å²) in [6.07, 6.45) is 2.28. The summed E-state index contributed by atoms with van der Waals surface area (Å²) < 4.78 is 55.2. The molecule has 106 valence electrons. The number of fused-ring (bicyclic) bond motifs is 1. The van der Waals surface area contributed by atoms with E-state index in [9.17, 15) is 22.7 Å². The molecular weight excluding hydrogens is 274 g/mol. The van der Waals surface area contributed by atoms with Gasteiger partial charge in [-0.2, -0.15) is 0 Å². The molecule has 1 aliphatic carbocycles. The maximum Gasteiger partial charge on any atom is 0.185 e. The molecule has 0 bridgehead atoms. The van der Waals surface area contributed by atoms with Gasteiger partial charge in [-0.1, -0.05) is 0 Å². The fraction of sp³-hybridized carbons (Fsp3) is 0.286. The van der Waals surface area contributed by atoms with Crippen LogP contribution < -0.4 is 0 Å². The molecule has 1 N–H and O–H groups in total. The van der Waals surface area contributed by atoms with E-state index in [1.165, 1.54) is 12.3 Å². The van der Waals surface area contributed by atoms with Crippen LogP contribution in [-0.4, -0.2) is 9.67 Å². The van der Waals surface area contributed by atoms with E-state index in [4.69, 9.17) is 0 Å². The van der Waals surface area contributed by atoms with Crippen molar-refractivity contribution in [1.29, 1.82) is 0 Å². The Morgan fingerprint density at radius 1 is 1.10 bits per heavy atom. The van der Waals surface area contributed by atoms with E-state index in [0.29, 0.717) is 30.5 Å². The fourth-order valence-electron chi connectivity index (χ4n) is 2.65. The number of aliphatic hydroxyl groups is 1. The first-order valence-electron chi connectivity index (χ1n) is 6.22. The van der Waals surface area contributed by atoms with Crippen LogP contribution in [0.3, 0.4) is 0 Å². The normalized spacial score (nSPS) is 18.1. The smallest absolute Gasteiger partial charge is 0.185 e. The molecule has 0 aliphatic heterocycles. The Bertz CT molecular complexity index is 654. The maximum absolute atomic E-state index is 13.8. The zero-order chi connectivity index (χ0) is 14.4. The summed E-state index contributed by atoms with van der Waals surface area (Å²) in [6, 6.07) is 1.69. The summed E-state index contributed by atoms with van der Waals surface area (Å²) in [6.45, 7) is 0. The Balaban J connectivity index is 2.25. The highest BCUT2D eigenvalue weighted by Gasteiger charge is 2.26. The van der Waals surface area contributed by atoms with E-state index < -0.39 is 35.1 Å². The highest BCUT2D eigenvalue weighted by atomic mass is 19.2. The van der Waals surface area contributed by atoms with Crippen molar-refractivity contribution >= 4 is 0 Å². The first-order chi connectivity index (χ1) is 9.50. The highest BCUT2D eigenvalue weighted by Crippen LogP contribution is 2.34. The summed E-state index contributed by atoms with van der Waals surface area (Å²) in [5.41, 5.74) is 0.240. The zero-order valence-corrected chi connectivity index (χ0v) is 10.3. The molecule has 0 saturated heterocycles. The highest BCUT2D eigenvalue weighted by molar-refractivity contribution is 5.42. The molecule has 0 amide bonds. The first-order valence-corrected chi connectivity index (χ1v) is 6.22.